The Labute approximate surface area is 110 Å². The molecule has 3 rings (SSSR count). The number of carboxylic acid groups (broad SMARTS) is 1. The highest BCUT2D eigenvalue weighted by atomic mass is 79.9. The number of carboxylic acids is 1. The van der Waals surface area contributed by atoms with E-state index in [4.69, 9.17) is 9.63 Å². The van der Waals surface area contributed by atoms with E-state index in [1.165, 1.54) is 6.07 Å². The minimum Gasteiger partial charge on any atom is -0.475 e. The van der Waals surface area contributed by atoms with Crippen LogP contribution >= 0.6 is 15.9 Å². The second-order valence-electron chi connectivity index (χ2n) is 3.75. The number of aromatic nitrogens is 2. The van der Waals surface area contributed by atoms with Crippen LogP contribution in [0, 0.1) is 0 Å². The lowest BCUT2D eigenvalue weighted by Gasteiger charge is -1.94. The minimum atomic E-state index is -1.13. The van der Waals surface area contributed by atoms with Gasteiger partial charge in [0.25, 0.3) is 0 Å². The Morgan fingerprint density at radius 1 is 1.44 bits per heavy atom. The Morgan fingerprint density at radius 3 is 3.00 bits per heavy atom. The van der Waals surface area contributed by atoms with Crippen LogP contribution in [0.2, 0.25) is 0 Å². The number of rotatable bonds is 2. The molecule has 0 aliphatic heterocycles. The van der Waals surface area contributed by atoms with E-state index in [0.29, 0.717) is 5.69 Å². The van der Waals surface area contributed by atoms with Crippen molar-refractivity contribution in [1.29, 1.82) is 0 Å². The number of aromatic amines is 1. The number of hydrogen-bond acceptors (Lipinski definition) is 3. The summed E-state index contributed by atoms with van der Waals surface area (Å²) in [7, 11) is 0. The van der Waals surface area contributed by atoms with Crippen LogP contribution in [0.1, 0.15) is 10.6 Å². The molecule has 3 aromatic rings. The van der Waals surface area contributed by atoms with Crippen LogP contribution in [0.25, 0.3) is 22.2 Å². The van der Waals surface area contributed by atoms with Crippen LogP contribution in [0.4, 0.5) is 0 Å². The number of aromatic carboxylic acids is 1. The van der Waals surface area contributed by atoms with Gasteiger partial charge in [-0.15, -0.1) is 0 Å². The molecule has 0 bridgehead atoms. The van der Waals surface area contributed by atoms with Gasteiger partial charge in [-0.25, -0.2) is 4.79 Å². The molecule has 2 aromatic heterocycles. The van der Waals surface area contributed by atoms with Gasteiger partial charge in [-0.3, -0.25) is 0 Å². The van der Waals surface area contributed by atoms with Crippen molar-refractivity contribution >= 4 is 32.8 Å². The number of para-hydroxylation sites is 1. The van der Waals surface area contributed by atoms with Crippen molar-refractivity contribution in [3.05, 3.63) is 40.7 Å². The molecular formula is C12H7BrN2O3. The molecule has 0 saturated heterocycles. The second-order valence-corrected chi connectivity index (χ2v) is 4.60. The summed E-state index contributed by atoms with van der Waals surface area (Å²) in [6, 6.07) is 7.17. The lowest BCUT2D eigenvalue weighted by molar-refractivity contribution is 0.0652. The van der Waals surface area contributed by atoms with Gasteiger partial charge in [-0.05, 0) is 22.0 Å². The number of hydrogen-bond donors (Lipinski definition) is 2. The standard InChI is InChI=1S/C12H7BrN2O3/c13-8-3-1-2-6-7(5-14-11(6)8)9-4-10(12(16)17)18-15-9/h1-5,14H,(H,16,17). The molecule has 90 valence electrons. The summed E-state index contributed by atoms with van der Waals surface area (Å²) in [4.78, 5) is 13.9. The van der Waals surface area contributed by atoms with Gasteiger partial charge in [0.2, 0.25) is 5.76 Å². The fraction of sp³-hybridized carbons (Fsp3) is 0. The second kappa shape index (κ2) is 3.99. The third-order valence-corrected chi connectivity index (χ3v) is 3.32. The zero-order valence-corrected chi connectivity index (χ0v) is 10.6. The molecule has 0 radical (unpaired) electrons. The fourth-order valence-electron chi connectivity index (χ4n) is 1.83. The molecule has 2 N–H and O–H groups in total. The van der Waals surface area contributed by atoms with Crippen molar-refractivity contribution in [2.45, 2.75) is 0 Å². The average molecular weight is 307 g/mol. The Hall–Kier alpha value is -2.08. The first-order valence-electron chi connectivity index (χ1n) is 5.13. The molecule has 1 aromatic carbocycles. The number of nitrogens with zero attached hydrogens (tertiary/aromatic N) is 1. The van der Waals surface area contributed by atoms with Crippen LogP contribution < -0.4 is 0 Å². The maximum Gasteiger partial charge on any atom is 0.374 e. The molecule has 0 saturated carbocycles. The van der Waals surface area contributed by atoms with Gasteiger partial charge < -0.3 is 14.6 Å². The van der Waals surface area contributed by atoms with Crippen LogP contribution in [-0.2, 0) is 0 Å². The first-order valence-corrected chi connectivity index (χ1v) is 5.92. The van der Waals surface area contributed by atoms with E-state index in [1.807, 2.05) is 18.2 Å². The van der Waals surface area contributed by atoms with Gasteiger partial charge in [-0.1, -0.05) is 17.3 Å². The average Bonchev–Trinajstić information content (AvgIpc) is 2.94. The Balaban J connectivity index is 2.19. The number of halogens is 1. The highest BCUT2D eigenvalue weighted by Crippen LogP contribution is 2.31. The minimum absolute atomic E-state index is 0.172. The van der Waals surface area contributed by atoms with Crippen molar-refractivity contribution in [2.24, 2.45) is 0 Å². The van der Waals surface area contributed by atoms with Gasteiger partial charge >= 0.3 is 5.97 Å². The van der Waals surface area contributed by atoms with E-state index in [-0.39, 0.29) is 5.76 Å². The zero-order valence-electron chi connectivity index (χ0n) is 8.98. The first kappa shape index (κ1) is 11.0. The number of benzene rings is 1. The van der Waals surface area contributed by atoms with E-state index in [2.05, 4.69) is 26.1 Å². The monoisotopic (exact) mass is 306 g/mol. The highest BCUT2D eigenvalue weighted by Gasteiger charge is 2.15. The van der Waals surface area contributed by atoms with Gasteiger partial charge in [0.05, 0.1) is 5.52 Å². The summed E-state index contributed by atoms with van der Waals surface area (Å²) in [5.41, 5.74) is 2.24. The number of carbonyl (C=O) groups is 1. The van der Waals surface area contributed by atoms with E-state index >= 15 is 0 Å². The lowest BCUT2D eigenvalue weighted by Crippen LogP contribution is -1.91. The normalized spacial score (nSPS) is 10.9. The van der Waals surface area contributed by atoms with Crippen molar-refractivity contribution in [2.75, 3.05) is 0 Å². The topological polar surface area (TPSA) is 79.1 Å². The Bertz CT molecular complexity index is 745. The van der Waals surface area contributed by atoms with E-state index in [1.54, 1.807) is 6.20 Å². The zero-order chi connectivity index (χ0) is 12.7. The molecule has 2 heterocycles. The summed E-state index contributed by atoms with van der Waals surface area (Å²) in [5.74, 6) is -1.30. The summed E-state index contributed by atoms with van der Waals surface area (Å²) in [5, 5.41) is 13.5. The molecule has 0 unspecified atom stereocenters. The molecule has 5 nitrogen and oxygen atoms in total. The summed E-state index contributed by atoms with van der Waals surface area (Å²) in [6.45, 7) is 0. The highest BCUT2D eigenvalue weighted by molar-refractivity contribution is 9.10. The predicted molar refractivity (Wildman–Crippen MR) is 68.5 cm³/mol. The van der Waals surface area contributed by atoms with Gasteiger partial charge in [0.15, 0.2) is 0 Å². The smallest absolute Gasteiger partial charge is 0.374 e. The Kier molecular flexibility index (Phi) is 2.45. The van der Waals surface area contributed by atoms with Gasteiger partial charge in [-0.2, -0.15) is 0 Å². The summed E-state index contributed by atoms with van der Waals surface area (Å²) >= 11 is 3.44. The van der Waals surface area contributed by atoms with Crippen molar-refractivity contribution < 1.29 is 14.4 Å². The molecule has 6 heteroatoms. The molecule has 0 spiro atoms. The maximum absolute atomic E-state index is 10.8. The maximum atomic E-state index is 10.8. The number of nitrogens with one attached hydrogen (secondary N) is 1. The number of fused-ring (bicyclic) bond motifs is 1. The van der Waals surface area contributed by atoms with Crippen LogP contribution in [-0.4, -0.2) is 21.2 Å². The third kappa shape index (κ3) is 1.62. The quantitative estimate of drug-likeness (QED) is 0.761. The van der Waals surface area contributed by atoms with Gasteiger partial charge in [0.1, 0.15) is 5.69 Å². The molecule has 0 aliphatic carbocycles. The first-order chi connectivity index (χ1) is 8.66. The summed E-state index contributed by atoms with van der Waals surface area (Å²) in [6.07, 6.45) is 1.78. The Morgan fingerprint density at radius 2 is 2.28 bits per heavy atom. The van der Waals surface area contributed by atoms with E-state index in [0.717, 1.165) is 20.9 Å². The molecule has 0 amide bonds. The number of H-pyrrole nitrogens is 1. The summed E-state index contributed by atoms with van der Waals surface area (Å²) < 4.78 is 5.69. The molecular weight excluding hydrogens is 300 g/mol. The van der Waals surface area contributed by atoms with E-state index < -0.39 is 5.97 Å². The van der Waals surface area contributed by atoms with Crippen LogP contribution in [0.15, 0.2) is 39.5 Å². The third-order valence-electron chi connectivity index (χ3n) is 2.66. The predicted octanol–water partition coefficient (Wildman–Crippen LogP) is 3.28. The van der Waals surface area contributed by atoms with Gasteiger partial charge in [0, 0.05) is 27.7 Å². The van der Waals surface area contributed by atoms with Crippen LogP contribution in [0.5, 0.6) is 0 Å². The van der Waals surface area contributed by atoms with Crippen molar-refractivity contribution in [3.63, 3.8) is 0 Å². The largest absolute Gasteiger partial charge is 0.475 e. The van der Waals surface area contributed by atoms with Crippen molar-refractivity contribution in [3.8, 4) is 11.3 Å². The molecule has 0 aliphatic rings. The lowest BCUT2D eigenvalue weighted by atomic mass is 10.1. The molecule has 0 fully saturated rings. The van der Waals surface area contributed by atoms with E-state index in [9.17, 15) is 4.79 Å². The molecule has 0 atom stereocenters. The SMILES string of the molecule is O=C(O)c1cc(-c2c[nH]c3c(Br)cccc23)no1. The van der Waals surface area contributed by atoms with Crippen LogP contribution in [0.3, 0.4) is 0 Å². The van der Waals surface area contributed by atoms with Crippen molar-refractivity contribution in [1.82, 2.24) is 10.1 Å². The molecule has 18 heavy (non-hydrogen) atoms. The fourth-order valence-corrected chi connectivity index (χ4v) is 2.31.